The molecule has 0 unspecified atom stereocenters. The summed E-state index contributed by atoms with van der Waals surface area (Å²) in [4.78, 5) is 2.28. The highest BCUT2D eigenvalue weighted by Gasteiger charge is 2.23. The zero-order chi connectivity index (χ0) is 17.2. The van der Waals surface area contributed by atoms with Crippen molar-refractivity contribution >= 4 is 17.1 Å². The van der Waals surface area contributed by atoms with Crippen LogP contribution in [-0.4, -0.2) is 24.4 Å². The fourth-order valence-corrected chi connectivity index (χ4v) is 3.65. The minimum atomic E-state index is 1.01. The van der Waals surface area contributed by atoms with E-state index in [0.29, 0.717) is 0 Å². The van der Waals surface area contributed by atoms with Crippen molar-refractivity contribution in [3.05, 3.63) is 95.7 Å². The Morgan fingerprint density at radius 3 is 2.44 bits per heavy atom. The van der Waals surface area contributed by atoms with E-state index in [1.54, 1.807) is 0 Å². The van der Waals surface area contributed by atoms with E-state index in [2.05, 4.69) is 102 Å². The molecular formula is C23H23N2+. The maximum absolute atomic E-state index is 2.28. The maximum atomic E-state index is 2.28. The molecule has 0 bridgehead atoms. The molecule has 2 heteroatoms. The average Bonchev–Trinajstić information content (AvgIpc) is 3.13. The number of hydrogen-bond acceptors (Lipinski definition) is 1. The molecule has 0 fully saturated rings. The van der Waals surface area contributed by atoms with Gasteiger partial charge in [0.2, 0.25) is 5.69 Å². The van der Waals surface area contributed by atoms with Gasteiger partial charge < -0.3 is 4.90 Å². The Labute approximate surface area is 149 Å². The van der Waals surface area contributed by atoms with Crippen LogP contribution in [0.1, 0.15) is 11.1 Å². The Bertz CT molecular complexity index is 929. The lowest BCUT2D eigenvalue weighted by atomic mass is 10.1. The molecule has 2 nitrogen and oxygen atoms in total. The molecule has 0 N–H and O–H groups in total. The van der Waals surface area contributed by atoms with Crippen molar-refractivity contribution in [3.8, 4) is 0 Å². The molecule has 0 saturated carbocycles. The van der Waals surface area contributed by atoms with Crippen LogP contribution < -0.4 is 4.90 Å². The van der Waals surface area contributed by atoms with Gasteiger partial charge in [0.1, 0.15) is 7.05 Å². The number of nitrogens with zero attached hydrogens (tertiary/aromatic N) is 2. The van der Waals surface area contributed by atoms with Crippen LogP contribution >= 0.6 is 0 Å². The molecule has 0 saturated heterocycles. The van der Waals surface area contributed by atoms with Crippen LogP contribution in [0.15, 0.2) is 84.6 Å². The first kappa shape index (κ1) is 15.6. The van der Waals surface area contributed by atoms with E-state index in [1.165, 1.54) is 33.9 Å². The zero-order valence-corrected chi connectivity index (χ0v) is 14.8. The van der Waals surface area contributed by atoms with E-state index in [4.69, 9.17) is 0 Å². The molecule has 124 valence electrons. The molecule has 4 rings (SSSR count). The minimum absolute atomic E-state index is 1.01. The summed E-state index contributed by atoms with van der Waals surface area (Å²) in [6.07, 6.45) is 12.8. The smallest absolute Gasteiger partial charge is 0.208 e. The van der Waals surface area contributed by atoms with Crippen molar-refractivity contribution in [2.24, 2.45) is 0 Å². The lowest BCUT2D eigenvalue weighted by molar-refractivity contribution is -0.400. The third kappa shape index (κ3) is 2.96. The number of allylic oxidation sites excluding steroid dienone is 6. The molecule has 2 aliphatic heterocycles. The van der Waals surface area contributed by atoms with Gasteiger partial charge in [-0.1, -0.05) is 54.6 Å². The third-order valence-electron chi connectivity index (χ3n) is 5.11. The molecular weight excluding hydrogens is 304 g/mol. The summed E-state index contributed by atoms with van der Waals surface area (Å²) in [5, 5.41) is 0. The van der Waals surface area contributed by atoms with E-state index in [1.807, 2.05) is 0 Å². The van der Waals surface area contributed by atoms with E-state index in [-0.39, 0.29) is 0 Å². The number of hydrogen-bond donors (Lipinski definition) is 0. The Morgan fingerprint density at radius 2 is 1.64 bits per heavy atom. The largest absolute Gasteiger partial charge is 0.348 e. The highest BCUT2D eigenvalue weighted by molar-refractivity contribution is 5.96. The van der Waals surface area contributed by atoms with Crippen molar-refractivity contribution in [2.45, 2.75) is 12.8 Å². The molecule has 0 radical (unpaired) electrons. The summed E-state index contributed by atoms with van der Waals surface area (Å²) in [5.41, 5.74) is 8.12. The summed E-state index contributed by atoms with van der Waals surface area (Å²) >= 11 is 0. The monoisotopic (exact) mass is 327 g/mol. The van der Waals surface area contributed by atoms with Crippen LogP contribution in [0.4, 0.5) is 11.4 Å². The minimum Gasteiger partial charge on any atom is -0.348 e. The van der Waals surface area contributed by atoms with E-state index in [0.717, 1.165) is 12.8 Å². The van der Waals surface area contributed by atoms with E-state index >= 15 is 0 Å². The van der Waals surface area contributed by atoms with Crippen molar-refractivity contribution in [2.75, 3.05) is 19.0 Å². The van der Waals surface area contributed by atoms with Gasteiger partial charge in [0.05, 0.1) is 6.42 Å². The van der Waals surface area contributed by atoms with Crippen LogP contribution in [0.5, 0.6) is 0 Å². The maximum Gasteiger partial charge on any atom is 0.208 e. The molecule has 2 aliphatic rings. The molecule has 0 aromatic heterocycles. The Hall–Kier alpha value is -2.87. The molecule has 2 aromatic carbocycles. The fraction of sp³-hybridized carbons (Fsp3) is 0.174. The van der Waals surface area contributed by atoms with Gasteiger partial charge in [0, 0.05) is 42.6 Å². The topological polar surface area (TPSA) is 6.25 Å². The van der Waals surface area contributed by atoms with Crippen LogP contribution in [0.3, 0.4) is 0 Å². The Balaban J connectivity index is 1.43. The summed E-state index contributed by atoms with van der Waals surface area (Å²) in [6, 6.07) is 17.2. The normalized spacial score (nSPS) is 18.0. The van der Waals surface area contributed by atoms with Gasteiger partial charge in [0.15, 0.2) is 5.71 Å². The van der Waals surface area contributed by atoms with Crippen LogP contribution in [-0.2, 0) is 12.8 Å². The Morgan fingerprint density at radius 1 is 0.880 bits per heavy atom. The lowest BCUT2D eigenvalue weighted by Gasteiger charge is -2.13. The number of likely N-dealkylation sites (N-methyl/N-ethyl adjacent to an activating group) is 1. The second-order valence-corrected chi connectivity index (χ2v) is 6.62. The molecule has 0 amide bonds. The van der Waals surface area contributed by atoms with Gasteiger partial charge in [-0.15, -0.1) is 0 Å². The van der Waals surface area contributed by atoms with E-state index in [9.17, 15) is 0 Å². The van der Waals surface area contributed by atoms with Gasteiger partial charge in [0.25, 0.3) is 0 Å². The summed E-state index contributed by atoms with van der Waals surface area (Å²) in [7, 11) is 4.28. The number of para-hydroxylation sites is 2. The lowest BCUT2D eigenvalue weighted by Crippen LogP contribution is -2.10. The molecule has 2 heterocycles. The van der Waals surface area contributed by atoms with Gasteiger partial charge in [-0.05, 0) is 17.7 Å². The predicted molar refractivity (Wildman–Crippen MR) is 106 cm³/mol. The van der Waals surface area contributed by atoms with Gasteiger partial charge in [-0.2, -0.15) is 4.58 Å². The standard InChI is InChI=1S/C23H23N2/c1-24-20(16-18-10-6-8-14-22(18)24)12-4-3-5-13-21-17-19-11-7-9-15-23(19)25(21)2/h3-15H,16-17H2,1-2H3/q+1. The summed E-state index contributed by atoms with van der Waals surface area (Å²) < 4.78 is 2.28. The van der Waals surface area contributed by atoms with Crippen LogP contribution in [0.25, 0.3) is 0 Å². The number of fused-ring (bicyclic) bond motifs is 2. The number of anilines is 1. The molecule has 0 atom stereocenters. The Kier molecular flexibility index (Phi) is 4.10. The molecule has 0 aliphatic carbocycles. The fourth-order valence-electron chi connectivity index (χ4n) is 3.65. The summed E-state index contributed by atoms with van der Waals surface area (Å²) in [6.45, 7) is 0. The third-order valence-corrected chi connectivity index (χ3v) is 5.11. The van der Waals surface area contributed by atoms with Crippen molar-refractivity contribution in [1.29, 1.82) is 0 Å². The first-order valence-electron chi connectivity index (χ1n) is 8.77. The SMILES string of the molecule is CN1\C(=C/C=C/C=C/C2=[N+](C)c3ccccc3C2)Cc2ccccc21. The first-order valence-corrected chi connectivity index (χ1v) is 8.77. The van der Waals surface area contributed by atoms with E-state index < -0.39 is 0 Å². The molecule has 25 heavy (non-hydrogen) atoms. The van der Waals surface area contributed by atoms with Gasteiger partial charge in [-0.3, -0.25) is 0 Å². The van der Waals surface area contributed by atoms with Gasteiger partial charge in [-0.25, -0.2) is 0 Å². The molecule has 0 spiro atoms. The predicted octanol–water partition coefficient (Wildman–Crippen LogP) is 4.65. The zero-order valence-electron chi connectivity index (χ0n) is 14.8. The van der Waals surface area contributed by atoms with Crippen molar-refractivity contribution in [1.82, 2.24) is 0 Å². The van der Waals surface area contributed by atoms with Crippen LogP contribution in [0.2, 0.25) is 0 Å². The average molecular weight is 327 g/mol. The van der Waals surface area contributed by atoms with Crippen molar-refractivity contribution < 1.29 is 4.58 Å². The molecule has 2 aromatic rings. The second-order valence-electron chi connectivity index (χ2n) is 6.62. The van der Waals surface area contributed by atoms with Gasteiger partial charge >= 0.3 is 0 Å². The highest BCUT2D eigenvalue weighted by Crippen LogP contribution is 2.32. The summed E-state index contributed by atoms with van der Waals surface area (Å²) in [5.74, 6) is 0. The number of rotatable bonds is 3. The number of benzene rings is 2. The second kappa shape index (κ2) is 6.56. The van der Waals surface area contributed by atoms with Crippen molar-refractivity contribution in [3.63, 3.8) is 0 Å². The van der Waals surface area contributed by atoms with Crippen LogP contribution in [0, 0.1) is 0 Å². The highest BCUT2D eigenvalue weighted by atomic mass is 15.1. The first-order chi connectivity index (χ1) is 12.2. The quantitative estimate of drug-likeness (QED) is 0.588.